The minimum atomic E-state index is 0.367. The quantitative estimate of drug-likeness (QED) is 0.866. The molecule has 0 radical (unpaired) electrons. The molecular weight excluding hydrogens is 264 g/mol. The lowest BCUT2D eigenvalue weighted by atomic mass is 10.2. The van der Waals surface area contributed by atoms with E-state index in [-0.39, 0.29) is 0 Å². The van der Waals surface area contributed by atoms with Crippen molar-refractivity contribution in [3.63, 3.8) is 0 Å². The van der Waals surface area contributed by atoms with E-state index in [1.54, 1.807) is 0 Å². The van der Waals surface area contributed by atoms with Gasteiger partial charge in [-0.25, -0.2) is 0 Å². The molecule has 0 amide bonds. The highest BCUT2D eigenvalue weighted by molar-refractivity contribution is 7.12. The predicted molar refractivity (Wildman–Crippen MR) is 89.0 cm³/mol. The summed E-state index contributed by atoms with van der Waals surface area (Å²) in [5.74, 6) is 0. The van der Waals surface area contributed by atoms with E-state index in [0.29, 0.717) is 6.04 Å². The highest BCUT2D eigenvalue weighted by atomic mass is 32.1. The van der Waals surface area contributed by atoms with E-state index in [4.69, 9.17) is 0 Å². The van der Waals surface area contributed by atoms with Gasteiger partial charge in [0, 0.05) is 34.2 Å². The van der Waals surface area contributed by atoms with Crippen LogP contribution in [0.4, 0.5) is 11.4 Å². The van der Waals surface area contributed by atoms with E-state index in [9.17, 15) is 0 Å². The topological polar surface area (TPSA) is 15.3 Å². The van der Waals surface area contributed by atoms with Crippen LogP contribution >= 0.6 is 11.3 Å². The smallest absolute Gasteiger partial charge is 0.0578 e. The number of thiophene rings is 1. The number of aryl methyl sites for hydroxylation is 1. The average molecular weight is 286 g/mol. The predicted octanol–water partition coefficient (Wildman–Crippen LogP) is 4.83. The molecule has 1 fully saturated rings. The van der Waals surface area contributed by atoms with Crippen LogP contribution in [0.25, 0.3) is 0 Å². The molecule has 0 saturated carbocycles. The molecule has 3 heteroatoms. The fourth-order valence-corrected chi connectivity index (χ4v) is 3.63. The van der Waals surface area contributed by atoms with Gasteiger partial charge in [0.15, 0.2) is 0 Å². The fourth-order valence-electron chi connectivity index (χ4n) is 2.75. The van der Waals surface area contributed by atoms with Crippen molar-refractivity contribution in [1.29, 1.82) is 0 Å². The third-order valence-electron chi connectivity index (χ3n) is 3.91. The highest BCUT2D eigenvalue weighted by Gasteiger charge is 2.12. The first kappa shape index (κ1) is 13.5. The molecule has 1 unspecified atom stereocenters. The van der Waals surface area contributed by atoms with Gasteiger partial charge in [0.2, 0.25) is 0 Å². The largest absolute Gasteiger partial charge is 0.378 e. The molecule has 0 bridgehead atoms. The summed E-state index contributed by atoms with van der Waals surface area (Å²) in [4.78, 5) is 5.24. The van der Waals surface area contributed by atoms with Gasteiger partial charge < -0.3 is 10.2 Å². The maximum atomic E-state index is 3.58. The molecule has 2 nitrogen and oxygen atoms in total. The SMILES string of the molecule is Cc1ccc(C(C)Nc2ccc(N3CCCC3)cc2)s1. The Balaban J connectivity index is 1.65. The van der Waals surface area contributed by atoms with Crippen molar-refractivity contribution in [2.75, 3.05) is 23.3 Å². The van der Waals surface area contributed by atoms with Crippen LogP contribution in [0.2, 0.25) is 0 Å². The van der Waals surface area contributed by atoms with Crippen LogP contribution in [0, 0.1) is 6.92 Å². The molecular formula is C17H22N2S. The average Bonchev–Trinajstić information content (AvgIpc) is 3.10. The Morgan fingerprint density at radius 1 is 1.05 bits per heavy atom. The zero-order valence-corrected chi connectivity index (χ0v) is 13.0. The summed E-state index contributed by atoms with van der Waals surface area (Å²) in [6.07, 6.45) is 2.66. The first-order chi connectivity index (χ1) is 9.72. The molecule has 1 aromatic carbocycles. The molecule has 1 saturated heterocycles. The summed E-state index contributed by atoms with van der Waals surface area (Å²) in [6, 6.07) is 13.6. The van der Waals surface area contributed by atoms with Crippen LogP contribution < -0.4 is 10.2 Å². The molecule has 1 atom stereocenters. The minimum absolute atomic E-state index is 0.367. The van der Waals surface area contributed by atoms with Crippen LogP contribution in [0.1, 0.15) is 35.6 Å². The number of hydrogen-bond acceptors (Lipinski definition) is 3. The lowest BCUT2D eigenvalue weighted by Gasteiger charge is -2.19. The van der Waals surface area contributed by atoms with Gasteiger partial charge >= 0.3 is 0 Å². The first-order valence-electron chi connectivity index (χ1n) is 7.40. The molecule has 1 aliphatic rings. The van der Waals surface area contributed by atoms with Crippen LogP contribution in [0.15, 0.2) is 36.4 Å². The van der Waals surface area contributed by atoms with Crippen molar-refractivity contribution in [3.05, 3.63) is 46.2 Å². The number of nitrogens with zero attached hydrogens (tertiary/aromatic N) is 1. The Hall–Kier alpha value is -1.48. The van der Waals surface area contributed by atoms with Crippen molar-refractivity contribution in [1.82, 2.24) is 0 Å². The summed E-state index contributed by atoms with van der Waals surface area (Å²) >= 11 is 1.87. The second-order valence-corrected chi connectivity index (χ2v) is 6.87. The lowest BCUT2D eigenvalue weighted by Crippen LogP contribution is -2.17. The zero-order valence-electron chi connectivity index (χ0n) is 12.2. The summed E-state index contributed by atoms with van der Waals surface area (Å²) < 4.78 is 0. The lowest BCUT2D eigenvalue weighted by molar-refractivity contribution is 0.907. The Morgan fingerprint density at radius 2 is 1.75 bits per heavy atom. The summed E-state index contributed by atoms with van der Waals surface area (Å²) in [6.45, 7) is 6.79. The van der Waals surface area contributed by atoms with E-state index in [1.165, 1.54) is 47.1 Å². The van der Waals surface area contributed by atoms with Crippen LogP contribution in [-0.4, -0.2) is 13.1 Å². The molecule has 0 aliphatic carbocycles. The van der Waals surface area contributed by atoms with Crippen molar-refractivity contribution >= 4 is 22.7 Å². The number of benzene rings is 1. The standard InChI is InChI=1S/C17H22N2S/c1-13-5-10-17(20-13)14(2)18-15-6-8-16(9-7-15)19-11-3-4-12-19/h5-10,14,18H,3-4,11-12H2,1-2H3. The van der Waals surface area contributed by atoms with Gasteiger partial charge in [-0.3, -0.25) is 0 Å². The van der Waals surface area contributed by atoms with Crippen molar-refractivity contribution in [2.24, 2.45) is 0 Å². The molecule has 1 aliphatic heterocycles. The molecule has 1 aromatic heterocycles. The van der Waals surface area contributed by atoms with Crippen molar-refractivity contribution in [3.8, 4) is 0 Å². The van der Waals surface area contributed by atoms with Gasteiger partial charge in [0.25, 0.3) is 0 Å². The van der Waals surface area contributed by atoms with Gasteiger partial charge in [-0.05, 0) is 63.1 Å². The third-order valence-corrected chi connectivity index (χ3v) is 5.09. The summed E-state index contributed by atoms with van der Waals surface area (Å²) in [7, 11) is 0. The number of hydrogen-bond donors (Lipinski definition) is 1. The van der Waals surface area contributed by atoms with E-state index >= 15 is 0 Å². The second-order valence-electron chi connectivity index (χ2n) is 5.56. The van der Waals surface area contributed by atoms with Gasteiger partial charge in [0.1, 0.15) is 0 Å². The fraction of sp³-hybridized carbons (Fsp3) is 0.412. The Labute approximate surface area is 125 Å². The highest BCUT2D eigenvalue weighted by Crippen LogP contribution is 2.27. The normalized spacial score (nSPS) is 16.4. The van der Waals surface area contributed by atoms with E-state index < -0.39 is 0 Å². The Bertz CT molecular complexity index is 553. The molecule has 1 N–H and O–H groups in total. The Morgan fingerprint density at radius 3 is 2.35 bits per heavy atom. The zero-order chi connectivity index (χ0) is 13.9. The molecule has 0 spiro atoms. The second kappa shape index (κ2) is 5.88. The van der Waals surface area contributed by atoms with Crippen molar-refractivity contribution < 1.29 is 0 Å². The third kappa shape index (κ3) is 2.98. The number of rotatable bonds is 4. The molecule has 20 heavy (non-hydrogen) atoms. The van der Waals surface area contributed by atoms with Crippen LogP contribution in [0.5, 0.6) is 0 Å². The maximum Gasteiger partial charge on any atom is 0.0578 e. The van der Waals surface area contributed by atoms with Crippen LogP contribution in [-0.2, 0) is 0 Å². The molecule has 106 valence electrons. The molecule has 3 rings (SSSR count). The van der Waals surface area contributed by atoms with Crippen molar-refractivity contribution in [2.45, 2.75) is 32.7 Å². The Kier molecular flexibility index (Phi) is 3.97. The van der Waals surface area contributed by atoms with Gasteiger partial charge in [-0.2, -0.15) is 0 Å². The number of anilines is 2. The minimum Gasteiger partial charge on any atom is -0.378 e. The first-order valence-corrected chi connectivity index (χ1v) is 8.22. The van der Waals surface area contributed by atoms with E-state index in [2.05, 4.69) is 60.5 Å². The van der Waals surface area contributed by atoms with E-state index in [0.717, 1.165) is 0 Å². The van der Waals surface area contributed by atoms with Crippen LogP contribution in [0.3, 0.4) is 0 Å². The maximum absolute atomic E-state index is 3.58. The number of nitrogens with one attached hydrogen (secondary N) is 1. The monoisotopic (exact) mass is 286 g/mol. The van der Waals surface area contributed by atoms with Gasteiger partial charge in [-0.1, -0.05) is 0 Å². The summed E-state index contributed by atoms with van der Waals surface area (Å²) in [5.41, 5.74) is 2.55. The molecule has 2 heterocycles. The molecule has 2 aromatic rings. The van der Waals surface area contributed by atoms with Gasteiger partial charge in [0.05, 0.1) is 6.04 Å². The summed E-state index contributed by atoms with van der Waals surface area (Å²) in [5, 5.41) is 3.58. The van der Waals surface area contributed by atoms with Gasteiger partial charge in [-0.15, -0.1) is 11.3 Å². The van der Waals surface area contributed by atoms with E-state index in [1.807, 2.05) is 11.3 Å².